The molecule has 0 aromatic heterocycles. The average Bonchev–Trinajstić information content (AvgIpc) is 2.47. The van der Waals surface area contributed by atoms with Crippen LogP contribution in [-0.2, 0) is 0 Å². The predicted octanol–water partition coefficient (Wildman–Crippen LogP) is 5.56. The van der Waals surface area contributed by atoms with Gasteiger partial charge in [0.05, 0.1) is 17.2 Å². The van der Waals surface area contributed by atoms with Crippen LogP contribution in [0, 0.1) is 0 Å². The van der Waals surface area contributed by atoms with E-state index < -0.39 is 5.97 Å². The van der Waals surface area contributed by atoms with Crippen molar-refractivity contribution in [2.75, 3.05) is 6.61 Å². The summed E-state index contributed by atoms with van der Waals surface area (Å²) in [6.45, 7) is 2.85. The summed E-state index contributed by atoms with van der Waals surface area (Å²) in [5.74, 6) is -0.461. The van der Waals surface area contributed by atoms with E-state index in [4.69, 9.17) is 21.4 Å². The minimum absolute atomic E-state index is 0.0880. The van der Waals surface area contributed by atoms with Gasteiger partial charge in [-0.25, -0.2) is 4.79 Å². The lowest BCUT2D eigenvalue weighted by atomic mass is 10.1. The van der Waals surface area contributed by atoms with Crippen LogP contribution in [0.4, 0.5) is 0 Å². The number of aromatic carboxylic acids is 1. The molecule has 0 saturated heterocycles. The fourth-order valence-corrected chi connectivity index (χ4v) is 2.38. The summed E-state index contributed by atoms with van der Waals surface area (Å²) in [5.41, 5.74) is 0.0880. The zero-order valence-electron chi connectivity index (χ0n) is 12.7. The Bertz CT molecular complexity index is 432. The zero-order chi connectivity index (χ0) is 15.5. The van der Waals surface area contributed by atoms with Gasteiger partial charge in [0, 0.05) is 0 Å². The summed E-state index contributed by atoms with van der Waals surface area (Å²) in [7, 11) is 0. The molecular formula is C17H25ClO3. The molecule has 0 fully saturated rings. The van der Waals surface area contributed by atoms with Crippen LogP contribution in [0.1, 0.15) is 68.6 Å². The second-order valence-electron chi connectivity index (χ2n) is 5.27. The van der Waals surface area contributed by atoms with Gasteiger partial charge in [-0.05, 0) is 24.6 Å². The molecule has 0 radical (unpaired) electrons. The number of benzene rings is 1. The molecule has 0 aliphatic rings. The Morgan fingerprint density at radius 2 is 1.71 bits per heavy atom. The summed E-state index contributed by atoms with van der Waals surface area (Å²) in [4.78, 5) is 11.0. The molecule has 0 unspecified atom stereocenters. The zero-order valence-corrected chi connectivity index (χ0v) is 13.5. The lowest BCUT2D eigenvalue weighted by Crippen LogP contribution is -2.01. The fourth-order valence-electron chi connectivity index (χ4n) is 2.18. The molecule has 118 valence electrons. The Hall–Kier alpha value is -1.22. The molecule has 0 amide bonds. The van der Waals surface area contributed by atoms with Crippen molar-refractivity contribution in [1.82, 2.24) is 0 Å². The highest BCUT2D eigenvalue weighted by Crippen LogP contribution is 2.22. The number of carboxylic acid groups (broad SMARTS) is 1. The molecular weight excluding hydrogens is 288 g/mol. The van der Waals surface area contributed by atoms with Gasteiger partial charge < -0.3 is 9.84 Å². The predicted molar refractivity (Wildman–Crippen MR) is 86.5 cm³/mol. The summed E-state index contributed by atoms with van der Waals surface area (Å²) < 4.78 is 5.57. The molecule has 0 spiro atoms. The number of hydrogen-bond donors (Lipinski definition) is 1. The van der Waals surface area contributed by atoms with E-state index in [1.165, 1.54) is 44.6 Å². The van der Waals surface area contributed by atoms with Gasteiger partial charge in [0.2, 0.25) is 0 Å². The smallest absolute Gasteiger partial charge is 0.337 e. The van der Waals surface area contributed by atoms with Crippen LogP contribution in [0.2, 0.25) is 5.02 Å². The summed E-state index contributed by atoms with van der Waals surface area (Å²) >= 11 is 5.81. The molecule has 3 nitrogen and oxygen atoms in total. The van der Waals surface area contributed by atoms with Gasteiger partial charge in [0.15, 0.2) is 0 Å². The first kappa shape index (κ1) is 17.8. The molecule has 0 bridgehead atoms. The molecule has 21 heavy (non-hydrogen) atoms. The highest BCUT2D eigenvalue weighted by molar-refractivity contribution is 6.33. The van der Waals surface area contributed by atoms with Gasteiger partial charge in [0.25, 0.3) is 0 Å². The van der Waals surface area contributed by atoms with Crippen molar-refractivity contribution in [3.63, 3.8) is 0 Å². The first-order valence-corrected chi connectivity index (χ1v) is 8.18. The van der Waals surface area contributed by atoms with Gasteiger partial charge in [-0.2, -0.15) is 0 Å². The summed E-state index contributed by atoms with van der Waals surface area (Å²) in [5, 5.41) is 9.22. The summed E-state index contributed by atoms with van der Waals surface area (Å²) in [6, 6.07) is 4.75. The molecule has 1 rings (SSSR count). The van der Waals surface area contributed by atoms with Crippen LogP contribution in [0.25, 0.3) is 0 Å². The van der Waals surface area contributed by atoms with E-state index in [-0.39, 0.29) is 10.6 Å². The molecule has 0 heterocycles. The van der Waals surface area contributed by atoms with Crippen molar-refractivity contribution in [2.45, 2.75) is 58.3 Å². The molecule has 1 aromatic carbocycles. The minimum Gasteiger partial charge on any atom is -0.494 e. The topological polar surface area (TPSA) is 46.5 Å². The van der Waals surface area contributed by atoms with Gasteiger partial charge in [-0.3, -0.25) is 0 Å². The van der Waals surface area contributed by atoms with Crippen molar-refractivity contribution in [1.29, 1.82) is 0 Å². The van der Waals surface area contributed by atoms with E-state index in [0.717, 1.165) is 12.8 Å². The quantitative estimate of drug-likeness (QED) is 0.544. The first-order chi connectivity index (χ1) is 10.1. The van der Waals surface area contributed by atoms with Gasteiger partial charge in [-0.1, -0.05) is 63.5 Å². The molecule has 1 N–H and O–H groups in total. The van der Waals surface area contributed by atoms with E-state index in [2.05, 4.69) is 6.92 Å². The van der Waals surface area contributed by atoms with Crippen molar-refractivity contribution in [3.05, 3.63) is 28.8 Å². The van der Waals surface area contributed by atoms with Crippen molar-refractivity contribution >= 4 is 17.6 Å². The molecule has 0 aliphatic heterocycles. The monoisotopic (exact) mass is 312 g/mol. The second kappa shape index (κ2) is 10.5. The van der Waals surface area contributed by atoms with Crippen LogP contribution in [0.3, 0.4) is 0 Å². The Balaban J connectivity index is 2.16. The lowest BCUT2D eigenvalue weighted by molar-refractivity contribution is 0.0696. The van der Waals surface area contributed by atoms with Crippen LogP contribution in [-0.4, -0.2) is 17.7 Å². The van der Waals surface area contributed by atoms with Crippen molar-refractivity contribution in [2.24, 2.45) is 0 Å². The number of rotatable bonds is 11. The first-order valence-electron chi connectivity index (χ1n) is 7.80. The second-order valence-corrected chi connectivity index (χ2v) is 5.68. The van der Waals surface area contributed by atoms with E-state index in [9.17, 15) is 4.79 Å². The minimum atomic E-state index is -1.03. The number of ether oxygens (including phenoxy) is 1. The van der Waals surface area contributed by atoms with E-state index in [1.807, 2.05) is 0 Å². The highest BCUT2D eigenvalue weighted by atomic mass is 35.5. The maximum atomic E-state index is 11.0. The number of unbranched alkanes of at least 4 members (excludes halogenated alkanes) is 7. The van der Waals surface area contributed by atoms with Crippen LogP contribution in [0.5, 0.6) is 5.75 Å². The third-order valence-electron chi connectivity index (χ3n) is 3.43. The molecule has 0 saturated carbocycles. The highest BCUT2D eigenvalue weighted by Gasteiger charge is 2.09. The maximum absolute atomic E-state index is 11.0. The fraction of sp³-hybridized carbons (Fsp3) is 0.588. The average molecular weight is 313 g/mol. The van der Waals surface area contributed by atoms with E-state index in [1.54, 1.807) is 12.1 Å². The van der Waals surface area contributed by atoms with Crippen LogP contribution < -0.4 is 4.74 Å². The maximum Gasteiger partial charge on any atom is 0.337 e. The molecule has 4 heteroatoms. The number of carboxylic acids is 1. The van der Waals surface area contributed by atoms with E-state index >= 15 is 0 Å². The van der Waals surface area contributed by atoms with Crippen molar-refractivity contribution in [3.8, 4) is 5.75 Å². The lowest BCUT2D eigenvalue weighted by Gasteiger charge is -2.08. The Morgan fingerprint density at radius 3 is 2.33 bits per heavy atom. The van der Waals surface area contributed by atoms with Crippen LogP contribution in [0.15, 0.2) is 18.2 Å². The number of carbonyl (C=O) groups is 1. The van der Waals surface area contributed by atoms with Crippen molar-refractivity contribution < 1.29 is 14.6 Å². The van der Waals surface area contributed by atoms with Gasteiger partial charge in [-0.15, -0.1) is 0 Å². The van der Waals surface area contributed by atoms with E-state index in [0.29, 0.717) is 12.4 Å². The number of halogens is 1. The third kappa shape index (κ3) is 7.37. The molecule has 0 aliphatic carbocycles. The summed E-state index contributed by atoms with van der Waals surface area (Å²) in [6.07, 6.45) is 9.99. The standard InChI is InChI=1S/C17H25ClO3/c1-2-3-4-5-6-7-8-9-12-21-14-10-11-16(18)15(13-14)17(19)20/h10-11,13H,2-9,12H2,1H3,(H,19,20). The Labute approximate surface area is 132 Å². The SMILES string of the molecule is CCCCCCCCCCOc1ccc(Cl)c(C(=O)O)c1. The third-order valence-corrected chi connectivity index (χ3v) is 3.76. The molecule has 0 atom stereocenters. The van der Waals surface area contributed by atoms with Crippen LogP contribution >= 0.6 is 11.6 Å². The largest absolute Gasteiger partial charge is 0.494 e. The Morgan fingerprint density at radius 1 is 1.10 bits per heavy atom. The van der Waals surface area contributed by atoms with Gasteiger partial charge >= 0.3 is 5.97 Å². The molecule has 1 aromatic rings. The Kier molecular flexibility index (Phi) is 8.91. The number of hydrogen-bond acceptors (Lipinski definition) is 2. The normalized spacial score (nSPS) is 10.6. The van der Waals surface area contributed by atoms with Gasteiger partial charge in [0.1, 0.15) is 5.75 Å².